The first-order valence-corrected chi connectivity index (χ1v) is 6.00. The van der Waals surface area contributed by atoms with Crippen molar-refractivity contribution in [2.24, 2.45) is 5.41 Å². The van der Waals surface area contributed by atoms with Gasteiger partial charge in [0, 0.05) is 25.7 Å². The molecule has 0 atom stereocenters. The Labute approximate surface area is 103 Å². The Morgan fingerprint density at radius 3 is 2.12 bits per heavy atom. The van der Waals surface area contributed by atoms with Crippen LogP contribution >= 0.6 is 0 Å². The largest absolute Gasteiger partial charge is 0.390 e. The van der Waals surface area contributed by atoms with Gasteiger partial charge in [0.2, 0.25) is 0 Å². The molecule has 0 spiro atoms. The van der Waals surface area contributed by atoms with Gasteiger partial charge in [0.15, 0.2) is 0 Å². The Bertz CT molecular complexity index is 212. The van der Waals surface area contributed by atoms with Gasteiger partial charge in [-0.05, 0) is 12.5 Å². The average molecular weight is 254 g/mol. The van der Waals surface area contributed by atoms with Gasteiger partial charge < -0.3 is 10.2 Å². The number of hydrogen-bond donors (Lipinski definition) is 1. The molecule has 0 rings (SSSR count). The molecular weight excluding hydrogens is 229 g/mol. The van der Waals surface area contributed by atoms with Gasteiger partial charge in [0.05, 0.1) is 6.42 Å². The van der Waals surface area contributed by atoms with Crippen LogP contribution < -0.4 is 5.32 Å². The molecule has 0 heterocycles. The Kier molecular flexibility index (Phi) is 6.48. The molecule has 104 valence electrons. The van der Waals surface area contributed by atoms with Crippen LogP contribution in [0.25, 0.3) is 0 Å². The summed E-state index contributed by atoms with van der Waals surface area (Å²) in [5.74, 6) is 0. The summed E-state index contributed by atoms with van der Waals surface area (Å²) in [6.45, 7) is 9.77. The van der Waals surface area contributed by atoms with E-state index in [0.717, 1.165) is 6.54 Å². The van der Waals surface area contributed by atoms with Crippen LogP contribution in [0.4, 0.5) is 13.2 Å². The average Bonchev–Trinajstić information content (AvgIpc) is 2.10. The molecule has 0 aromatic heterocycles. The summed E-state index contributed by atoms with van der Waals surface area (Å²) in [5.41, 5.74) is -0.0232. The summed E-state index contributed by atoms with van der Waals surface area (Å²) >= 11 is 0. The van der Waals surface area contributed by atoms with E-state index in [9.17, 15) is 13.2 Å². The summed E-state index contributed by atoms with van der Waals surface area (Å²) in [6.07, 6.45) is -4.80. The number of alkyl halides is 3. The maximum absolute atomic E-state index is 12.1. The molecule has 5 heteroatoms. The molecule has 0 unspecified atom stereocenters. The predicted octanol–water partition coefficient (Wildman–Crippen LogP) is 2.89. The summed E-state index contributed by atoms with van der Waals surface area (Å²) in [4.78, 5) is 1.75. The second kappa shape index (κ2) is 6.59. The molecule has 0 bridgehead atoms. The van der Waals surface area contributed by atoms with Crippen molar-refractivity contribution in [2.45, 2.75) is 46.3 Å². The lowest BCUT2D eigenvalue weighted by Gasteiger charge is -2.31. The van der Waals surface area contributed by atoms with Crippen LogP contribution in [0.5, 0.6) is 0 Å². The van der Waals surface area contributed by atoms with Crippen LogP contribution in [0.15, 0.2) is 0 Å². The molecule has 1 N–H and O–H groups in total. The number of rotatable bonds is 7. The number of nitrogens with one attached hydrogen (secondary N) is 1. The first kappa shape index (κ1) is 16.7. The molecule has 0 aliphatic heterocycles. The fraction of sp³-hybridized carbons (Fsp3) is 1.00. The maximum atomic E-state index is 12.1. The molecule has 0 aliphatic carbocycles. The lowest BCUT2D eigenvalue weighted by molar-refractivity contribution is -0.137. The van der Waals surface area contributed by atoms with Gasteiger partial charge in [-0.15, -0.1) is 0 Å². The third kappa shape index (κ3) is 10.6. The first-order valence-electron chi connectivity index (χ1n) is 6.00. The Balaban J connectivity index is 3.96. The number of halogens is 3. The van der Waals surface area contributed by atoms with Crippen LogP contribution in [-0.4, -0.2) is 43.8 Å². The van der Waals surface area contributed by atoms with Crippen molar-refractivity contribution in [3.05, 3.63) is 0 Å². The third-order valence-electron chi connectivity index (χ3n) is 2.46. The summed E-state index contributed by atoms with van der Waals surface area (Å²) in [5, 5.41) is 3.31. The van der Waals surface area contributed by atoms with Gasteiger partial charge in [-0.2, -0.15) is 13.2 Å². The minimum Gasteiger partial charge on any atom is -0.314 e. The minimum atomic E-state index is -4.06. The summed E-state index contributed by atoms with van der Waals surface area (Å²) in [6, 6.07) is 0.398. The fourth-order valence-corrected chi connectivity index (χ4v) is 1.66. The molecule has 0 aromatic rings. The minimum absolute atomic E-state index is 0.0232. The number of nitrogens with zero attached hydrogens (tertiary/aromatic N) is 1. The lowest BCUT2D eigenvalue weighted by Crippen LogP contribution is -2.41. The maximum Gasteiger partial charge on any atom is 0.390 e. The van der Waals surface area contributed by atoms with Crippen molar-refractivity contribution in [2.75, 3.05) is 26.7 Å². The standard InChI is InChI=1S/C12H25F3N2/c1-10(2)16-8-11(3,4)9-17(5)7-6-12(13,14)15/h10,16H,6-9H2,1-5H3. The van der Waals surface area contributed by atoms with Crippen molar-refractivity contribution < 1.29 is 13.2 Å². The molecule has 0 amide bonds. The van der Waals surface area contributed by atoms with Crippen molar-refractivity contribution in [1.82, 2.24) is 10.2 Å². The van der Waals surface area contributed by atoms with E-state index >= 15 is 0 Å². The zero-order valence-electron chi connectivity index (χ0n) is 11.5. The van der Waals surface area contributed by atoms with Crippen molar-refractivity contribution in [3.8, 4) is 0 Å². The van der Waals surface area contributed by atoms with Crippen LogP contribution in [0, 0.1) is 5.41 Å². The summed E-state index contributed by atoms with van der Waals surface area (Å²) < 4.78 is 36.2. The van der Waals surface area contributed by atoms with Crippen molar-refractivity contribution in [3.63, 3.8) is 0 Å². The van der Waals surface area contributed by atoms with Crippen LogP contribution in [0.3, 0.4) is 0 Å². The van der Waals surface area contributed by atoms with Gasteiger partial charge in [0.25, 0.3) is 0 Å². The Morgan fingerprint density at radius 1 is 1.18 bits per heavy atom. The first-order chi connectivity index (χ1) is 7.52. The van der Waals surface area contributed by atoms with E-state index in [-0.39, 0.29) is 12.0 Å². The van der Waals surface area contributed by atoms with Gasteiger partial charge >= 0.3 is 6.18 Å². The van der Waals surface area contributed by atoms with Crippen molar-refractivity contribution in [1.29, 1.82) is 0 Å². The van der Waals surface area contributed by atoms with E-state index in [1.807, 2.05) is 0 Å². The van der Waals surface area contributed by atoms with Gasteiger partial charge in [0.1, 0.15) is 0 Å². The Hall–Kier alpha value is -0.290. The lowest BCUT2D eigenvalue weighted by atomic mass is 9.92. The monoisotopic (exact) mass is 254 g/mol. The molecule has 17 heavy (non-hydrogen) atoms. The highest BCUT2D eigenvalue weighted by molar-refractivity contribution is 4.76. The Morgan fingerprint density at radius 2 is 1.71 bits per heavy atom. The zero-order chi connectivity index (χ0) is 13.7. The molecule has 0 saturated carbocycles. The second-order valence-corrected chi connectivity index (χ2v) is 5.80. The van der Waals surface area contributed by atoms with Crippen LogP contribution in [0.1, 0.15) is 34.1 Å². The van der Waals surface area contributed by atoms with E-state index in [4.69, 9.17) is 0 Å². The van der Waals surface area contributed by atoms with E-state index in [1.165, 1.54) is 0 Å². The highest BCUT2D eigenvalue weighted by Gasteiger charge is 2.28. The normalized spacial score (nSPS) is 13.8. The predicted molar refractivity (Wildman–Crippen MR) is 65.1 cm³/mol. The smallest absolute Gasteiger partial charge is 0.314 e. The molecule has 0 saturated heterocycles. The van der Waals surface area contributed by atoms with E-state index in [2.05, 4.69) is 33.0 Å². The van der Waals surface area contributed by atoms with E-state index in [0.29, 0.717) is 12.6 Å². The highest BCUT2D eigenvalue weighted by Crippen LogP contribution is 2.21. The van der Waals surface area contributed by atoms with E-state index in [1.54, 1.807) is 11.9 Å². The SMILES string of the molecule is CC(C)NCC(C)(C)CN(C)CCC(F)(F)F. The van der Waals surface area contributed by atoms with Crippen LogP contribution in [0.2, 0.25) is 0 Å². The molecule has 0 aromatic carbocycles. The highest BCUT2D eigenvalue weighted by atomic mass is 19.4. The van der Waals surface area contributed by atoms with Gasteiger partial charge in [-0.25, -0.2) is 0 Å². The molecule has 0 aliphatic rings. The fourth-order valence-electron chi connectivity index (χ4n) is 1.66. The second-order valence-electron chi connectivity index (χ2n) is 5.80. The van der Waals surface area contributed by atoms with Gasteiger partial charge in [-0.1, -0.05) is 27.7 Å². The van der Waals surface area contributed by atoms with Crippen molar-refractivity contribution >= 4 is 0 Å². The molecule has 2 nitrogen and oxygen atoms in total. The zero-order valence-corrected chi connectivity index (χ0v) is 11.5. The molecular formula is C12H25F3N2. The topological polar surface area (TPSA) is 15.3 Å². The molecule has 0 radical (unpaired) electrons. The van der Waals surface area contributed by atoms with Gasteiger partial charge in [-0.3, -0.25) is 0 Å². The molecule has 0 fully saturated rings. The van der Waals surface area contributed by atoms with Crippen LogP contribution in [-0.2, 0) is 0 Å². The summed E-state index contributed by atoms with van der Waals surface area (Å²) in [7, 11) is 1.74. The quantitative estimate of drug-likeness (QED) is 0.751. The number of hydrogen-bond acceptors (Lipinski definition) is 2. The van der Waals surface area contributed by atoms with E-state index < -0.39 is 12.6 Å². The third-order valence-corrected chi connectivity index (χ3v) is 2.46.